The molecule has 0 unspecified atom stereocenters. The van der Waals surface area contributed by atoms with Crippen molar-refractivity contribution in [1.29, 1.82) is 0 Å². The van der Waals surface area contributed by atoms with Gasteiger partial charge >= 0.3 is 6.03 Å². The molecule has 1 aromatic carbocycles. The van der Waals surface area contributed by atoms with Gasteiger partial charge in [-0.3, -0.25) is 0 Å². The number of amides is 2. The third-order valence-corrected chi connectivity index (χ3v) is 6.40. The summed E-state index contributed by atoms with van der Waals surface area (Å²) in [5.74, 6) is 0. The SMILES string of the molecule is O=C(Nc1cc(Cl)sc1-c1ccccc1)NC12CCN(CC1)CC2. The molecule has 2 aromatic rings. The zero-order chi connectivity index (χ0) is 16.6. The number of carbonyl (C=O) groups excluding carboxylic acids is 1. The van der Waals surface area contributed by atoms with Gasteiger partial charge in [0.2, 0.25) is 0 Å². The van der Waals surface area contributed by atoms with Gasteiger partial charge in [-0.15, -0.1) is 11.3 Å². The van der Waals surface area contributed by atoms with E-state index in [1.54, 1.807) is 0 Å². The molecule has 3 fully saturated rings. The largest absolute Gasteiger partial charge is 0.332 e. The van der Waals surface area contributed by atoms with Crippen LogP contribution < -0.4 is 10.6 Å². The van der Waals surface area contributed by atoms with Crippen molar-refractivity contribution in [1.82, 2.24) is 10.2 Å². The Morgan fingerprint density at radius 1 is 1.12 bits per heavy atom. The molecule has 0 radical (unpaired) electrons. The molecule has 0 spiro atoms. The first-order chi connectivity index (χ1) is 11.6. The number of rotatable bonds is 3. The Morgan fingerprint density at radius 3 is 2.46 bits per heavy atom. The van der Waals surface area contributed by atoms with E-state index < -0.39 is 0 Å². The lowest BCUT2D eigenvalue weighted by atomic mass is 9.80. The van der Waals surface area contributed by atoms with Gasteiger partial charge < -0.3 is 15.5 Å². The van der Waals surface area contributed by atoms with Crippen molar-refractivity contribution in [2.45, 2.75) is 24.8 Å². The predicted octanol–water partition coefficient (Wildman–Crippen LogP) is 4.43. The first-order valence-corrected chi connectivity index (χ1v) is 9.49. The van der Waals surface area contributed by atoms with Crippen molar-refractivity contribution >= 4 is 34.7 Å². The van der Waals surface area contributed by atoms with E-state index in [9.17, 15) is 4.79 Å². The van der Waals surface area contributed by atoms with E-state index in [-0.39, 0.29) is 11.6 Å². The van der Waals surface area contributed by atoms with Crippen LogP contribution in [0, 0.1) is 0 Å². The molecular weight excluding hydrogens is 342 g/mol. The molecule has 3 aliphatic heterocycles. The second-order valence-electron chi connectivity index (χ2n) is 6.61. The van der Waals surface area contributed by atoms with Gasteiger partial charge in [0.25, 0.3) is 0 Å². The average Bonchev–Trinajstić information content (AvgIpc) is 2.97. The molecule has 5 rings (SSSR count). The number of nitrogens with one attached hydrogen (secondary N) is 2. The van der Waals surface area contributed by atoms with Crippen LogP contribution in [0.25, 0.3) is 10.4 Å². The second kappa shape index (κ2) is 6.39. The fraction of sp³-hybridized carbons (Fsp3) is 0.389. The zero-order valence-corrected chi connectivity index (χ0v) is 14.9. The van der Waals surface area contributed by atoms with Gasteiger partial charge in [-0.25, -0.2) is 4.79 Å². The Balaban J connectivity index is 1.50. The van der Waals surface area contributed by atoms with Crippen LogP contribution in [0.1, 0.15) is 19.3 Å². The van der Waals surface area contributed by atoms with Crippen LogP contribution >= 0.6 is 22.9 Å². The number of benzene rings is 1. The number of thiophene rings is 1. The number of piperidine rings is 3. The van der Waals surface area contributed by atoms with Crippen molar-refractivity contribution in [2.75, 3.05) is 25.0 Å². The maximum Gasteiger partial charge on any atom is 0.319 e. The molecule has 2 N–H and O–H groups in total. The van der Waals surface area contributed by atoms with E-state index >= 15 is 0 Å². The second-order valence-corrected chi connectivity index (χ2v) is 8.29. The van der Waals surface area contributed by atoms with Gasteiger partial charge in [0.15, 0.2) is 0 Å². The first kappa shape index (κ1) is 15.9. The van der Waals surface area contributed by atoms with Crippen LogP contribution in [-0.2, 0) is 0 Å². The molecule has 2 bridgehead atoms. The fourth-order valence-electron chi connectivity index (χ4n) is 3.67. The number of hydrogen-bond acceptors (Lipinski definition) is 3. The zero-order valence-electron chi connectivity index (χ0n) is 13.3. The molecule has 4 heterocycles. The van der Waals surface area contributed by atoms with Crippen molar-refractivity contribution < 1.29 is 4.79 Å². The van der Waals surface area contributed by atoms with Crippen LogP contribution in [0.15, 0.2) is 36.4 Å². The Bertz CT molecular complexity index is 724. The molecule has 0 aliphatic carbocycles. The molecule has 3 aliphatic rings. The fourth-order valence-corrected chi connectivity index (χ4v) is 4.85. The highest BCUT2D eigenvalue weighted by Gasteiger charge is 2.40. The van der Waals surface area contributed by atoms with Crippen molar-refractivity contribution in [2.24, 2.45) is 0 Å². The van der Waals surface area contributed by atoms with E-state index in [0.717, 1.165) is 55.0 Å². The lowest BCUT2D eigenvalue weighted by molar-refractivity contribution is 0.0686. The minimum absolute atomic E-state index is 0.0362. The van der Waals surface area contributed by atoms with Crippen LogP contribution in [0.3, 0.4) is 0 Å². The van der Waals surface area contributed by atoms with Gasteiger partial charge in [-0.05, 0) is 30.9 Å². The molecule has 6 heteroatoms. The van der Waals surface area contributed by atoms with Crippen molar-refractivity contribution in [3.8, 4) is 10.4 Å². The average molecular weight is 362 g/mol. The highest BCUT2D eigenvalue weighted by atomic mass is 35.5. The van der Waals surface area contributed by atoms with Crippen molar-refractivity contribution in [3.05, 3.63) is 40.7 Å². The molecule has 1 aromatic heterocycles. The minimum atomic E-state index is -0.128. The molecule has 0 atom stereocenters. The Hall–Kier alpha value is -1.56. The number of fused-ring (bicyclic) bond motifs is 3. The lowest BCUT2D eigenvalue weighted by Crippen LogP contribution is -2.61. The molecule has 24 heavy (non-hydrogen) atoms. The summed E-state index contributed by atoms with van der Waals surface area (Å²) in [6, 6.07) is 11.7. The molecule has 0 saturated carbocycles. The van der Waals surface area contributed by atoms with Gasteiger partial charge in [-0.2, -0.15) is 0 Å². The summed E-state index contributed by atoms with van der Waals surface area (Å²) in [6.07, 6.45) is 3.11. The van der Waals surface area contributed by atoms with Gasteiger partial charge in [0.05, 0.1) is 14.9 Å². The third kappa shape index (κ3) is 3.16. The molecular formula is C18H20ClN3OS. The quantitative estimate of drug-likeness (QED) is 0.849. The predicted molar refractivity (Wildman–Crippen MR) is 99.9 cm³/mol. The minimum Gasteiger partial charge on any atom is -0.332 e. The highest BCUT2D eigenvalue weighted by Crippen LogP contribution is 2.39. The van der Waals surface area contributed by atoms with E-state index in [0.29, 0.717) is 4.34 Å². The number of nitrogens with zero attached hydrogens (tertiary/aromatic N) is 1. The van der Waals surface area contributed by atoms with Gasteiger partial charge in [0, 0.05) is 25.2 Å². The summed E-state index contributed by atoms with van der Waals surface area (Å²) in [4.78, 5) is 16.0. The molecule has 126 valence electrons. The number of halogens is 1. The number of carbonyl (C=O) groups is 1. The van der Waals surface area contributed by atoms with E-state index in [1.807, 2.05) is 36.4 Å². The number of anilines is 1. The normalized spacial score (nSPS) is 25.5. The van der Waals surface area contributed by atoms with Crippen LogP contribution in [0.4, 0.5) is 10.5 Å². The molecule has 4 nitrogen and oxygen atoms in total. The smallest absolute Gasteiger partial charge is 0.319 e. The van der Waals surface area contributed by atoms with E-state index in [1.165, 1.54) is 11.3 Å². The summed E-state index contributed by atoms with van der Waals surface area (Å²) >= 11 is 7.68. The number of hydrogen-bond donors (Lipinski definition) is 2. The summed E-state index contributed by atoms with van der Waals surface area (Å²) in [5, 5.41) is 6.26. The van der Waals surface area contributed by atoms with Crippen molar-refractivity contribution in [3.63, 3.8) is 0 Å². The summed E-state index contributed by atoms with van der Waals surface area (Å²) in [7, 11) is 0. The monoisotopic (exact) mass is 361 g/mol. The topological polar surface area (TPSA) is 44.4 Å². The molecule has 3 saturated heterocycles. The number of urea groups is 1. The first-order valence-electron chi connectivity index (χ1n) is 8.30. The van der Waals surface area contributed by atoms with Crippen LogP contribution in [0.2, 0.25) is 4.34 Å². The van der Waals surface area contributed by atoms with Crippen LogP contribution in [0.5, 0.6) is 0 Å². The third-order valence-electron chi connectivity index (χ3n) is 5.08. The summed E-state index contributed by atoms with van der Waals surface area (Å²) in [5.41, 5.74) is 1.80. The maximum atomic E-state index is 12.6. The van der Waals surface area contributed by atoms with E-state index in [4.69, 9.17) is 11.6 Å². The Kier molecular flexibility index (Phi) is 4.24. The molecule has 2 amide bonds. The summed E-state index contributed by atoms with van der Waals surface area (Å²) < 4.78 is 0.674. The van der Waals surface area contributed by atoms with Gasteiger partial charge in [0.1, 0.15) is 0 Å². The van der Waals surface area contributed by atoms with E-state index in [2.05, 4.69) is 15.5 Å². The summed E-state index contributed by atoms with van der Waals surface area (Å²) in [6.45, 7) is 3.25. The lowest BCUT2D eigenvalue weighted by Gasteiger charge is -2.48. The maximum absolute atomic E-state index is 12.6. The highest BCUT2D eigenvalue weighted by molar-refractivity contribution is 7.20. The Labute approximate surface area is 150 Å². The Morgan fingerprint density at radius 2 is 1.79 bits per heavy atom. The van der Waals surface area contributed by atoms with Crippen LogP contribution in [-0.4, -0.2) is 36.1 Å². The standard InChI is InChI=1S/C18H20ClN3OS/c19-15-12-14(16(24-15)13-4-2-1-3-5-13)20-17(23)21-18-6-9-22(10-7-18)11-8-18/h1-5,12H,6-11H2,(H2,20,21,23). The van der Waals surface area contributed by atoms with Gasteiger partial charge in [-0.1, -0.05) is 41.9 Å².